The van der Waals surface area contributed by atoms with Crippen molar-refractivity contribution in [1.82, 2.24) is 0 Å². The molecule has 0 saturated carbocycles. The number of carbonyl (C=O) groups excluding carboxylic acids is 1. The molecule has 0 bridgehead atoms. The van der Waals surface area contributed by atoms with Crippen LogP contribution in [0.25, 0.3) is 0 Å². The number of primary amides is 1. The average molecular weight is 351 g/mol. The number of aryl methyl sites for hydroxylation is 1. The molecule has 0 unspecified atom stereocenters. The number of carbonyl (C=O) groups is 1. The first kappa shape index (κ1) is 15.5. The summed E-state index contributed by atoms with van der Waals surface area (Å²) in [5.41, 5.74) is 7.91. The standard InChI is InChI=1S/C16H16BrFN2O/c1-2-10-7-13(17)5-6-15(10)20-9-12-4-3-11(16(19)21)8-14(12)18/h3-8,20H,2,9H2,1H3,(H2,19,21). The van der Waals surface area contributed by atoms with Crippen LogP contribution in [0.5, 0.6) is 0 Å². The summed E-state index contributed by atoms with van der Waals surface area (Å²) in [5.74, 6) is -1.07. The van der Waals surface area contributed by atoms with Gasteiger partial charge in [-0.15, -0.1) is 0 Å². The van der Waals surface area contributed by atoms with Gasteiger partial charge in [-0.25, -0.2) is 4.39 Å². The minimum atomic E-state index is -0.630. The molecule has 0 aliphatic carbocycles. The second-order valence-corrected chi connectivity index (χ2v) is 5.59. The van der Waals surface area contributed by atoms with Crippen LogP contribution in [0, 0.1) is 5.82 Å². The van der Waals surface area contributed by atoms with Crippen molar-refractivity contribution in [1.29, 1.82) is 0 Å². The zero-order valence-corrected chi connectivity index (χ0v) is 13.2. The molecule has 0 fully saturated rings. The topological polar surface area (TPSA) is 55.1 Å². The van der Waals surface area contributed by atoms with E-state index in [-0.39, 0.29) is 5.56 Å². The summed E-state index contributed by atoms with van der Waals surface area (Å²) in [6.45, 7) is 2.41. The molecule has 5 heteroatoms. The Morgan fingerprint density at radius 2 is 2.00 bits per heavy atom. The van der Waals surface area contributed by atoms with Crippen LogP contribution < -0.4 is 11.1 Å². The van der Waals surface area contributed by atoms with Crippen molar-refractivity contribution in [3.05, 3.63) is 63.4 Å². The number of nitrogens with two attached hydrogens (primary N) is 1. The Labute approximate surface area is 131 Å². The Bertz CT molecular complexity index is 673. The highest BCUT2D eigenvalue weighted by Crippen LogP contribution is 2.22. The Hall–Kier alpha value is -1.88. The highest BCUT2D eigenvalue weighted by atomic mass is 79.9. The van der Waals surface area contributed by atoms with Crippen LogP contribution in [-0.2, 0) is 13.0 Å². The molecule has 0 heterocycles. The van der Waals surface area contributed by atoms with Crippen molar-refractivity contribution in [2.45, 2.75) is 19.9 Å². The molecular weight excluding hydrogens is 335 g/mol. The molecule has 2 aromatic rings. The molecule has 0 spiro atoms. The molecule has 0 aromatic heterocycles. The largest absolute Gasteiger partial charge is 0.381 e. The number of nitrogens with one attached hydrogen (secondary N) is 1. The fraction of sp³-hybridized carbons (Fsp3) is 0.188. The summed E-state index contributed by atoms with van der Waals surface area (Å²) >= 11 is 3.43. The van der Waals surface area contributed by atoms with Gasteiger partial charge in [-0.3, -0.25) is 4.79 Å². The van der Waals surface area contributed by atoms with Crippen LogP contribution >= 0.6 is 15.9 Å². The van der Waals surface area contributed by atoms with Gasteiger partial charge in [0.2, 0.25) is 5.91 Å². The second-order valence-electron chi connectivity index (χ2n) is 4.68. The Balaban J connectivity index is 2.15. The molecule has 21 heavy (non-hydrogen) atoms. The predicted molar refractivity (Wildman–Crippen MR) is 85.8 cm³/mol. The van der Waals surface area contributed by atoms with Crippen molar-refractivity contribution in [2.75, 3.05) is 5.32 Å². The monoisotopic (exact) mass is 350 g/mol. The van der Waals surface area contributed by atoms with E-state index >= 15 is 0 Å². The fourth-order valence-corrected chi connectivity index (χ4v) is 2.47. The van der Waals surface area contributed by atoms with Crippen LogP contribution in [0.4, 0.5) is 10.1 Å². The summed E-state index contributed by atoms with van der Waals surface area (Å²) in [7, 11) is 0. The van der Waals surface area contributed by atoms with Crippen LogP contribution in [-0.4, -0.2) is 5.91 Å². The Morgan fingerprint density at radius 1 is 1.24 bits per heavy atom. The number of hydrogen-bond acceptors (Lipinski definition) is 2. The minimum absolute atomic E-state index is 0.175. The Morgan fingerprint density at radius 3 is 2.62 bits per heavy atom. The van der Waals surface area contributed by atoms with Gasteiger partial charge in [0.25, 0.3) is 0 Å². The van der Waals surface area contributed by atoms with E-state index in [0.29, 0.717) is 12.1 Å². The fourth-order valence-electron chi connectivity index (χ4n) is 2.06. The lowest BCUT2D eigenvalue weighted by Gasteiger charge is -2.12. The maximum atomic E-state index is 13.9. The third-order valence-corrected chi connectivity index (χ3v) is 3.75. The smallest absolute Gasteiger partial charge is 0.248 e. The first-order valence-electron chi connectivity index (χ1n) is 6.61. The lowest BCUT2D eigenvalue weighted by molar-refractivity contribution is 0.1000. The van der Waals surface area contributed by atoms with Crippen LogP contribution in [0.1, 0.15) is 28.4 Å². The summed E-state index contributed by atoms with van der Waals surface area (Å²) in [6, 6.07) is 10.2. The van der Waals surface area contributed by atoms with Crippen molar-refractivity contribution in [3.8, 4) is 0 Å². The molecule has 3 nitrogen and oxygen atoms in total. The Kier molecular flexibility index (Phi) is 4.96. The number of benzene rings is 2. The second kappa shape index (κ2) is 6.72. The summed E-state index contributed by atoms with van der Waals surface area (Å²) in [5, 5.41) is 3.22. The van der Waals surface area contributed by atoms with E-state index in [9.17, 15) is 9.18 Å². The molecule has 2 aromatic carbocycles. The molecule has 0 atom stereocenters. The van der Waals surface area contributed by atoms with Crippen molar-refractivity contribution in [2.24, 2.45) is 5.73 Å². The van der Waals surface area contributed by atoms with Gasteiger partial charge in [-0.2, -0.15) is 0 Å². The zero-order chi connectivity index (χ0) is 15.4. The molecule has 0 radical (unpaired) electrons. The summed E-state index contributed by atoms with van der Waals surface area (Å²) in [6.07, 6.45) is 0.880. The lowest BCUT2D eigenvalue weighted by Crippen LogP contribution is -2.12. The van der Waals surface area contributed by atoms with Crippen LogP contribution in [0.3, 0.4) is 0 Å². The number of anilines is 1. The maximum Gasteiger partial charge on any atom is 0.248 e. The third kappa shape index (κ3) is 3.82. The van der Waals surface area contributed by atoms with Gasteiger partial charge in [0.1, 0.15) is 5.82 Å². The SMILES string of the molecule is CCc1cc(Br)ccc1NCc1ccc(C(N)=O)cc1F. The molecule has 110 valence electrons. The van der Waals surface area contributed by atoms with E-state index in [1.807, 2.05) is 18.2 Å². The lowest BCUT2D eigenvalue weighted by atomic mass is 10.1. The number of hydrogen-bond donors (Lipinski definition) is 2. The normalized spacial score (nSPS) is 10.4. The summed E-state index contributed by atoms with van der Waals surface area (Å²) < 4.78 is 14.9. The van der Waals surface area contributed by atoms with Gasteiger partial charge >= 0.3 is 0 Å². The van der Waals surface area contributed by atoms with Gasteiger partial charge in [-0.1, -0.05) is 28.9 Å². The molecule has 1 amide bonds. The van der Waals surface area contributed by atoms with Crippen molar-refractivity contribution >= 4 is 27.5 Å². The van der Waals surface area contributed by atoms with Gasteiger partial charge in [-0.05, 0) is 42.3 Å². The third-order valence-electron chi connectivity index (χ3n) is 3.26. The van der Waals surface area contributed by atoms with Crippen molar-refractivity contribution in [3.63, 3.8) is 0 Å². The van der Waals surface area contributed by atoms with E-state index < -0.39 is 11.7 Å². The summed E-state index contributed by atoms with van der Waals surface area (Å²) in [4.78, 5) is 11.0. The molecule has 3 N–H and O–H groups in total. The zero-order valence-electron chi connectivity index (χ0n) is 11.6. The van der Waals surface area contributed by atoms with E-state index in [0.717, 1.165) is 22.1 Å². The molecule has 0 aliphatic rings. The first-order valence-corrected chi connectivity index (χ1v) is 7.41. The van der Waals surface area contributed by atoms with E-state index in [2.05, 4.69) is 28.2 Å². The minimum Gasteiger partial charge on any atom is -0.381 e. The quantitative estimate of drug-likeness (QED) is 0.860. The van der Waals surface area contributed by atoms with E-state index in [1.165, 1.54) is 12.1 Å². The van der Waals surface area contributed by atoms with Crippen LogP contribution in [0.2, 0.25) is 0 Å². The first-order chi connectivity index (χ1) is 10.0. The molecule has 0 saturated heterocycles. The number of halogens is 2. The number of amides is 1. The van der Waals surface area contributed by atoms with Crippen molar-refractivity contribution < 1.29 is 9.18 Å². The molecule has 2 rings (SSSR count). The average Bonchev–Trinajstić information content (AvgIpc) is 2.46. The molecule has 0 aliphatic heterocycles. The van der Waals surface area contributed by atoms with Gasteiger partial charge in [0, 0.05) is 27.8 Å². The van der Waals surface area contributed by atoms with Gasteiger partial charge < -0.3 is 11.1 Å². The van der Waals surface area contributed by atoms with Gasteiger partial charge in [0.05, 0.1) is 0 Å². The predicted octanol–water partition coefficient (Wildman–Crippen LogP) is 3.86. The van der Waals surface area contributed by atoms with Gasteiger partial charge in [0.15, 0.2) is 0 Å². The molecular formula is C16H16BrFN2O. The van der Waals surface area contributed by atoms with Crippen LogP contribution in [0.15, 0.2) is 40.9 Å². The van der Waals surface area contributed by atoms with E-state index in [4.69, 9.17) is 5.73 Å². The number of rotatable bonds is 5. The highest BCUT2D eigenvalue weighted by molar-refractivity contribution is 9.10. The van der Waals surface area contributed by atoms with E-state index in [1.54, 1.807) is 6.07 Å². The maximum absolute atomic E-state index is 13.9. The highest BCUT2D eigenvalue weighted by Gasteiger charge is 2.08.